The summed E-state index contributed by atoms with van der Waals surface area (Å²) in [5, 5.41) is 12.1. The van der Waals surface area contributed by atoms with E-state index in [9.17, 15) is 9.90 Å². The standard InChI is InChI=1S/C13H19N3O2/c1-14-12-7-11(4-5-15-12)13(18)16-6-2-3-10(8-16)9-17/h4-5,7,10,17H,2-3,6,8-9H2,1H3,(H,14,15). The molecule has 5 nitrogen and oxygen atoms in total. The van der Waals surface area contributed by atoms with Gasteiger partial charge in [0, 0.05) is 38.5 Å². The van der Waals surface area contributed by atoms with Crippen LogP contribution in [-0.2, 0) is 0 Å². The number of amides is 1. The van der Waals surface area contributed by atoms with Gasteiger partial charge in [0.05, 0.1) is 0 Å². The van der Waals surface area contributed by atoms with Gasteiger partial charge in [0.1, 0.15) is 5.82 Å². The number of carbonyl (C=O) groups is 1. The molecule has 0 radical (unpaired) electrons. The first-order valence-electron chi connectivity index (χ1n) is 6.28. The summed E-state index contributed by atoms with van der Waals surface area (Å²) < 4.78 is 0. The van der Waals surface area contributed by atoms with E-state index in [1.54, 1.807) is 25.4 Å². The molecule has 1 aromatic heterocycles. The van der Waals surface area contributed by atoms with E-state index in [0.717, 1.165) is 19.4 Å². The number of anilines is 1. The van der Waals surface area contributed by atoms with Crippen molar-refractivity contribution in [2.24, 2.45) is 5.92 Å². The Morgan fingerprint density at radius 1 is 1.67 bits per heavy atom. The van der Waals surface area contributed by atoms with Crippen molar-refractivity contribution >= 4 is 11.7 Å². The van der Waals surface area contributed by atoms with Gasteiger partial charge in [-0.25, -0.2) is 4.98 Å². The summed E-state index contributed by atoms with van der Waals surface area (Å²) in [7, 11) is 1.78. The van der Waals surface area contributed by atoms with E-state index in [1.165, 1.54) is 0 Å². The van der Waals surface area contributed by atoms with Crippen LogP contribution in [0.5, 0.6) is 0 Å². The molecule has 0 spiro atoms. The minimum Gasteiger partial charge on any atom is -0.396 e. The molecular formula is C13H19N3O2. The van der Waals surface area contributed by atoms with E-state index in [1.807, 2.05) is 4.90 Å². The largest absolute Gasteiger partial charge is 0.396 e. The minimum atomic E-state index is 0.0204. The Morgan fingerprint density at radius 3 is 3.22 bits per heavy atom. The SMILES string of the molecule is CNc1cc(C(=O)N2CCCC(CO)C2)ccn1. The molecule has 1 aliphatic heterocycles. The van der Waals surface area contributed by atoms with Gasteiger partial charge in [0.2, 0.25) is 0 Å². The highest BCUT2D eigenvalue weighted by Crippen LogP contribution is 2.18. The van der Waals surface area contributed by atoms with Gasteiger partial charge >= 0.3 is 0 Å². The van der Waals surface area contributed by atoms with Gasteiger partial charge in [0.15, 0.2) is 0 Å². The maximum Gasteiger partial charge on any atom is 0.254 e. The first-order chi connectivity index (χ1) is 8.74. The van der Waals surface area contributed by atoms with Crippen LogP contribution in [0.3, 0.4) is 0 Å². The second kappa shape index (κ2) is 5.82. The highest BCUT2D eigenvalue weighted by Gasteiger charge is 2.24. The number of hydrogen-bond donors (Lipinski definition) is 2. The molecule has 1 aliphatic rings. The second-order valence-corrected chi connectivity index (χ2v) is 4.62. The Morgan fingerprint density at radius 2 is 2.50 bits per heavy atom. The van der Waals surface area contributed by atoms with Gasteiger partial charge in [-0.15, -0.1) is 0 Å². The van der Waals surface area contributed by atoms with Crippen LogP contribution in [0.25, 0.3) is 0 Å². The fraction of sp³-hybridized carbons (Fsp3) is 0.538. The molecule has 1 fully saturated rings. The maximum absolute atomic E-state index is 12.3. The Kier molecular flexibility index (Phi) is 4.15. The number of aromatic nitrogens is 1. The third-order valence-electron chi connectivity index (χ3n) is 3.33. The number of carbonyl (C=O) groups excluding carboxylic acids is 1. The third kappa shape index (κ3) is 2.79. The summed E-state index contributed by atoms with van der Waals surface area (Å²) in [5.41, 5.74) is 0.646. The summed E-state index contributed by atoms with van der Waals surface area (Å²) in [6.45, 7) is 1.57. The van der Waals surface area contributed by atoms with E-state index in [-0.39, 0.29) is 18.4 Å². The molecule has 0 bridgehead atoms. The minimum absolute atomic E-state index is 0.0204. The number of nitrogens with zero attached hydrogens (tertiary/aromatic N) is 2. The molecule has 1 aromatic rings. The van der Waals surface area contributed by atoms with E-state index in [0.29, 0.717) is 17.9 Å². The van der Waals surface area contributed by atoms with Gasteiger partial charge in [-0.3, -0.25) is 4.79 Å². The molecule has 1 unspecified atom stereocenters. The average Bonchev–Trinajstić information content (AvgIpc) is 2.46. The lowest BCUT2D eigenvalue weighted by molar-refractivity contribution is 0.0620. The Labute approximate surface area is 107 Å². The predicted octanol–water partition coefficient (Wildman–Crippen LogP) is 0.968. The first-order valence-corrected chi connectivity index (χ1v) is 6.28. The summed E-state index contributed by atoms with van der Waals surface area (Å²) in [6.07, 6.45) is 3.59. The van der Waals surface area contributed by atoms with Crippen molar-refractivity contribution in [1.29, 1.82) is 0 Å². The van der Waals surface area contributed by atoms with Crippen LogP contribution in [0.15, 0.2) is 18.3 Å². The summed E-state index contributed by atoms with van der Waals surface area (Å²) in [4.78, 5) is 18.2. The number of likely N-dealkylation sites (tertiary alicyclic amines) is 1. The van der Waals surface area contributed by atoms with Gasteiger partial charge < -0.3 is 15.3 Å². The van der Waals surface area contributed by atoms with Gasteiger partial charge in [0.25, 0.3) is 5.91 Å². The lowest BCUT2D eigenvalue weighted by Crippen LogP contribution is -2.40. The van der Waals surface area contributed by atoms with Crippen LogP contribution in [0, 0.1) is 5.92 Å². The van der Waals surface area contributed by atoms with E-state index < -0.39 is 0 Å². The molecule has 1 amide bonds. The lowest BCUT2D eigenvalue weighted by Gasteiger charge is -2.31. The molecule has 18 heavy (non-hydrogen) atoms. The summed E-state index contributed by atoms with van der Waals surface area (Å²) in [6, 6.07) is 3.48. The summed E-state index contributed by atoms with van der Waals surface area (Å²) >= 11 is 0. The number of hydrogen-bond acceptors (Lipinski definition) is 4. The van der Waals surface area contributed by atoms with Crippen LogP contribution in [0.4, 0.5) is 5.82 Å². The number of aliphatic hydroxyl groups is 1. The molecule has 2 rings (SSSR count). The molecule has 0 aromatic carbocycles. The molecule has 1 saturated heterocycles. The Bertz CT molecular complexity index is 422. The van der Waals surface area contributed by atoms with Crippen LogP contribution in [0.2, 0.25) is 0 Å². The highest BCUT2D eigenvalue weighted by atomic mass is 16.3. The normalized spacial score (nSPS) is 19.7. The lowest BCUT2D eigenvalue weighted by atomic mass is 9.98. The van der Waals surface area contributed by atoms with Gasteiger partial charge in [-0.1, -0.05) is 0 Å². The molecule has 0 aliphatic carbocycles. The quantitative estimate of drug-likeness (QED) is 0.837. The number of pyridine rings is 1. The van der Waals surface area contributed by atoms with Crippen molar-refractivity contribution < 1.29 is 9.90 Å². The molecule has 0 saturated carbocycles. The molecule has 98 valence electrons. The zero-order valence-corrected chi connectivity index (χ0v) is 10.6. The van der Waals surface area contributed by atoms with Crippen LogP contribution < -0.4 is 5.32 Å². The van der Waals surface area contributed by atoms with E-state index in [2.05, 4.69) is 10.3 Å². The molecule has 5 heteroatoms. The number of rotatable bonds is 3. The number of nitrogens with one attached hydrogen (secondary N) is 1. The van der Waals surface area contributed by atoms with Crippen LogP contribution in [-0.4, -0.2) is 47.6 Å². The maximum atomic E-state index is 12.3. The summed E-state index contributed by atoms with van der Waals surface area (Å²) in [5.74, 6) is 0.928. The van der Waals surface area contributed by atoms with Gasteiger partial charge in [-0.05, 0) is 30.9 Å². The first kappa shape index (κ1) is 12.8. The van der Waals surface area contributed by atoms with E-state index in [4.69, 9.17) is 0 Å². The zero-order chi connectivity index (χ0) is 13.0. The smallest absolute Gasteiger partial charge is 0.254 e. The number of piperidine rings is 1. The van der Waals surface area contributed by atoms with Crippen LogP contribution >= 0.6 is 0 Å². The second-order valence-electron chi connectivity index (χ2n) is 4.62. The van der Waals surface area contributed by atoms with Crippen molar-refractivity contribution in [3.8, 4) is 0 Å². The van der Waals surface area contributed by atoms with Crippen LogP contribution in [0.1, 0.15) is 23.2 Å². The number of aliphatic hydroxyl groups excluding tert-OH is 1. The van der Waals surface area contributed by atoms with Crippen molar-refractivity contribution in [3.63, 3.8) is 0 Å². The monoisotopic (exact) mass is 249 g/mol. The van der Waals surface area contributed by atoms with Crippen molar-refractivity contribution in [3.05, 3.63) is 23.9 Å². The fourth-order valence-electron chi connectivity index (χ4n) is 2.28. The van der Waals surface area contributed by atoms with Crippen molar-refractivity contribution in [1.82, 2.24) is 9.88 Å². The average molecular weight is 249 g/mol. The van der Waals surface area contributed by atoms with Crippen molar-refractivity contribution in [2.45, 2.75) is 12.8 Å². The highest BCUT2D eigenvalue weighted by molar-refractivity contribution is 5.94. The van der Waals surface area contributed by atoms with E-state index >= 15 is 0 Å². The zero-order valence-electron chi connectivity index (χ0n) is 10.6. The Hall–Kier alpha value is -1.62. The Balaban J connectivity index is 2.10. The third-order valence-corrected chi connectivity index (χ3v) is 3.33. The molecular weight excluding hydrogens is 230 g/mol. The van der Waals surface area contributed by atoms with Crippen molar-refractivity contribution in [2.75, 3.05) is 32.1 Å². The molecule has 2 N–H and O–H groups in total. The van der Waals surface area contributed by atoms with Gasteiger partial charge in [-0.2, -0.15) is 0 Å². The predicted molar refractivity (Wildman–Crippen MR) is 69.5 cm³/mol. The topological polar surface area (TPSA) is 65.5 Å². The fourth-order valence-corrected chi connectivity index (χ4v) is 2.28. The molecule has 2 heterocycles. The molecule has 1 atom stereocenters.